The van der Waals surface area contributed by atoms with Gasteiger partial charge < -0.3 is 4.90 Å². The van der Waals surface area contributed by atoms with Gasteiger partial charge in [-0.05, 0) is 26.7 Å². The Morgan fingerprint density at radius 2 is 1.85 bits per heavy atom. The molecule has 0 aromatic rings. The number of unbranched alkanes of at least 4 members (excludes halogenated alkanes) is 1. The van der Waals surface area contributed by atoms with E-state index in [9.17, 15) is 10.1 Å². The third-order valence-electron chi connectivity index (χ3n) is 4.40. The van der Waals surface area contributed by atoms with Crippen LogP contribution in [0.5, 0.6) is 0 Å². The molecule has 4 heteroatoms. The molecule has 0 aromatic carbocycles. The highest BCUT2D eigenvalue weighted by atomic mass is 16.2. The summed E-state index contributed by atoms with van der Waals surface area (Å²) in [6.45, 7) is 11.3. The van der Waals surface area contributed by atoms with E-state index in [0.717, 1.165) is 51.9 Å². The molecule has 0 bridgehead atoms. The minimum Gasteiger partial charge on any atom is -0.340 e. The van der Waals surface area contributed by atoms with Crippen molar-refractivity contribution in [2.45, 2.75) is 58.9 Å². The molecule has 1 unspecified atom stereocenters. The molecule has 0 aliphatic carbocycles. The molecular weight excluding hydrogens is 250 g/mol. The summed E-state index contributed by atoms with van der Waals surface area (Å²) >= 11 is 0. The molecule has 0 aromatic heterocycles. The summed E-state index contributed by atoms with van der Waals surface area (Å²) in [6, 6.07) is 2.34. The van der Waals surface area contributed by atoms with Gasteiger partial charge in [-0.3, -0.25) is 9.69 Å². The largest absolute Gasteiger partial charge is 0.340 e. The van der Waals surface area contributed by atoms with E-state index in [1.165, 1.54) is 0 Å². The lowest BCUT2D eigenvalue weighted by molar-refractivity contribution is -0.138. The summed E-state index contributed by atoms with van der Waals surface area (Å²) in [7, 11) is 0. The molecule has 1 fully saturated rings. The molecule has 1 amide bonds. The number of rotatable bonds is 6. The molecule has 1 aliphatic heterocycles. The summed E-state index contributed by atoms with van der Waals surface area (Å²) < 4.78 is 0. The smallest absolute Gasteiger partial charge is 0.225 e. The van der Waals surface area contributed by atoms with Crippen LogP contribution in [0.2, 0.25) is 0 Å². The van der Waals surface area contributed by atoms with Crippen molar-refractivity contribution in [1.29, 1.82) is 5.26 Å². The van der Waals surface area contributed by atoms with Gasteiger partial charge in [-0.1, -0.05) is 26.7 Å². The van der Waals surface area contributed by atoms with Crippen molar-refractivity contribution in [1.82, 2.24) is 9.80 Å². The van der Waals surface area contributed by atoms with Gasteiger partial charge in [-0.2, -0.15) is 5.26 Å². The lowest BCUT2D eigenvalue weighted by Gasteiger charge is -2.41. The van der Waals surface area contributed by atoms with Crippen molar-refractivity contribution in [3.63, 3.8) is 0 Å². The number of hydrogen-bond donors (Lipinski definition) is 0. The molecule has 20 heavy (non-hydrogen) atoms. The Hall–Kier alpha value is -1.08. The van der Waals surface area contributed by atoms with Crippen molar-refractivity contribution >= 4 is 5.91 Å². The maximum atomic E-state index is 12.5. The second-order valence-corrected chi connectivity index (χ2v) is 6.23. The Kier molecular flexibility index (Phi) is 6.48. The van der Waals surface area contributed by atoms with E-state index in [-0.39, 0.29) is 5.92 Å². The van der Waals surface area contributed by atoms with Crippen molar-refractivity contribution < 1.29 is 4.79 Å². The van der Waals surface area contributed by atoms with Crippen LogP contribution in [0.1, 0.15) is 53.4 Å². The Labute approximate surface area is 123 Å². The minimum absolute atomic E-state index is 0.186. The molecule has 0 radical (unpaired) electrons. The van der Waals surface area contributed by atoms with Gasteiger partial charge in [0.25, 0.3) is 0 Å². The molecule has 0 N–H and O–H groups in total. The quantitative estimate of drug-likeness (QED) is 0.751. The van der Waals surface area contributed by atoms with Crippen LogP contribution in [0.25, 0.3) is 0 Å². The van der Waals surface area contributed by atoms with E-state index < -0.39 is 5.54 Å². The molecule has 0 spiro atoms. The Bertz CT molecular complexity index is 351. The van der Waals surface area contributed by atoms with E-state index in [1.54, 1.807) is 0 Å². The number of piperazine rings is 1. The fourth-order valence-corrected chi connectivity index (χ4v) is 2.77. The van der Waals surface area contributed by atoms with Crippen LogP contribution in [0.4, 0.5) is 0 Å². The Morgan fingerprint density at radius 3 is 2.30 bits per heavy atom. The molecule has 1 saturated heterocycles. The zero-order valence-corrected chi connectivity index (χ0v) is 13.5. The molecule has 114 valence electrons. The van der Waals surface area contributed by atoms with Gasteiger partial charge in [-0.15, -0.1) is 0 Å². The normalized spacial score (nSPS) is 18.6. The molecule has 0 saturated carbocycles. The van der Waals surface area contributed by atoms with Gasteiger partial charge in [0.15, 0.2) is 0 Å². The van der Waals surface area contributed by atoms with Gasteiger partial charge in [0.1, 0.15) is 5.54 Å². The number of nitrogens with zero attached hydrogens (tertiary/aromatic N) is 3. The fraction of sp³-hybridized carbons (Fsp3) is 0.875. The molecule has 1 heterocycles. The van der Waals surface area contributed by atoms with E-state index in [0.29, 0.717) is 5.91 Å². The molecule has 4 nitrogen and oxygen atoms in total. The predicted molar refractivity (Wildman–Crippen MR) is 81.2 cm³/mol. The summed E-state index contributed by atoms with van der Waals surface area (Å²) in [6.07, 6.45) is 4.22. The number of carbonyl (C=O) groups excluding carboxylic acids is 1. The molecule has 1 aliphatic rings. The number of nitriles is 1. The van der Waals surface area contributed by atoms with Crippen molar-refractivity contribution in [2.75, 3.05) is 26.2 Å². The highest BCUT2D eigenvalue weighted by Gasteiger charge is 2.32. The van der Waals surface area contributed by atoms with E-state index in [4.69, 9.17) is 0 Å². The van der Waals surface area contributed by atoms with E-state index in [2.05, 4.69) is 24.8 Å². The van der Waals surface area contributed by atoms with Gasteiger partial charge in [0, 0.05) is 32.1 Å². The van der Waals surface area contributed by atoms with Crippen molar-refractivity contribution in [3.05, 3.63) is 0 Å². The third-order valence-corrected chi connectivity index (χ3v) is 4.40. The molecular formula is C16H29N3O. The summed E-state index contributed by atoms with van der Waals surface area (Å²) in [5, 5.41) is 9.17. The number of amides is 1. The van der Waals surface area contributed by atoms with E-state index >= 15 is 0 Å². The van der Waals surface area contributed by atoms with Gasteiger partial charge >= 0.3 is 0 Å². The average Bonchev–Trinajstić information content (AvgIpc) is 2.48. The van der Waals surface area contributed by atoms with Gasteiger partial charge in [-0.25, -0.2) is 0 Å². The van der Waals surface area contributed by atoms with Crippen LogP contribution >= 0.6 is 0 Å². The van der Waals surface area contributed by atoms with Crippen molar-refractivity contribution in [3.8, 4) is 6.07 Å². The maximum Gasteiger partial charge on any atom is 0.225 e. The first-order valence-corrected chi connectivity index (χ1v) is 7.91. The van der Waals surface area contributed by atoms with Crippen LogP contribution in [0.3, 0.4) is 0 Å². The Morgan fingerprint density at radius 1 is 1.25 bits per heavy atom. The standard InChI is InChI=1S/C16H29N3O/c1-5-7-8-14(6-2)15(20)18-9-11-19(12-10-18)16(3,4)13-17/h14H,5-12H2,1-4H3. The monoisotopic (exact) mass is 279 g/mol. The highest BCUT2D eigenvalue weighted by Crippen LogP contribution is 2.20. The second-order valence-electron chi connectivity index (χ2n) is 6.23. The van der Waals surface area contributed by atoms with Gasteiger partial charge in [0.05, 0.1) is 6.07 Å². The maximum absolute atomic E-state index is 12.5. The average molecular weight is 279 g/mol. The Balaban J connectivity index is 2.52. The first-order chi connectivity index (χ1) is 9.46. The van der Waals surface area contributed by atoms with E-state index in [1.807, 2.05) is 18.7 Å². The first kappa shape index (κ1) is 17.0. The molecule has 1 rings (SSSR count). The zero-order valence-electron chi connectivity index (χ0n) is 13.5. The predicted octanol–water partition coefficient (Wildman–Crippen LogP) is 2.65. The summed E-state index contributed by atoms with van der Waals surface area (Å²) in [5.41, 5.74) is -0.429. The second kappa shape index (κ2) is 7.64. The minimum atomic E-state index is -0.429. The van der Waals surface area contributed by atoms with Crippen LogP contribution < -0.4 is 0 Å². The SMILES string of the molecule is CCCCC(CC)C(=O)N1CCN(C(C)(C)C#N)CC1. The summed E-state index contributed by atoms with van der Waals surface area (Å²) in [5.74, 6) is 0.501. The van der Waals surface area contributed by atoms with Crippen LogP contribution in [0, 0.1) is 17.2 Å². The number of carbonyl (C=O) groups is 1. The highest BCUT2D eigenvalue weighted by molar-refractivity contribution is 5.78. The zero-order chi connectivity index (χ0) is 15.2. The summed E-state index contributed by atoms with van der Waals surface area (Å²) in [4.78, 5) is 16.7. The van der Waals surface area contributed by atoms with Gasteiger partial charge in [0.2, 0.25) is 5.91 Å². The van der Waals surface area contributed by atoms with Crippen LogP contribution in [0.15, 0.2) is 0 Å². The number of hydrogen-bond acceptors (Lipinski definition) is 3. The third kappa shape index (κ3) is 4.21. The lowest BCUT2D eigenvalue weighted by Crippen LogP contribution is -2.56. The fourth-order valence-electron chi connectivity index (χ4n) is 2.77. The first-order valence-electron chi connectivity index (χ1n) is 7.91. The topological polar surface area (TPSA) is 47.3 Å². The lowest BCUT2D eigenvalue weighted by atomic mass is 9.97. The van der Waals surface area contributed by atoms with Crippen LogP contribution in [-0.2, 0) is 4.79 Å². The van der Waals surface area contributed by atoms with Crippen LogP contribution in [-0.4, -0.2) is 47.4 Å². The van der Waals surface area contributed by atoms with Crippen molar-refractivity contribution in [2.24, 2.45) is 5.92 Å². The molecule has 1 atom stereocenters.